The molecule has 0 aromatic carbocycles. The van der Waals surface area contributed by atoms with Gasteiger partial charge in [0, 0.05) is 19.7 Å². The van der Waals surface area contributed by atoms with E-state index in [1.165, 1.54) is 0 Å². The van der Waals surface area contributed by atoms with Crippen LogP contribution in [-0.4, -0.2) is 41.6 Å². The molecule has 0 atom stereocenters. The van der Waals surface area contributed by atoms with Crippen LogP contribution in [-0.2, 0) is 4.74 Å². The molecule has 5 heteroatoms. The van der Waals surface area contributed by atoms with Crippen LogP contribution in [0.2, 0.25) is 0 Å². The number of hydrogen-bond donors (Lipinski definition) is 0. The van der Waals surface area contributed by atoms with Gasteiger partial charge in [0.2, 0.25) is 0 Å². The second-order valence-corrected chi connectivity index (χ2v) is 5.75. The molecule has 1 aliphatic heterocycles. The lowest BCUT2D eigenvalue weighted by Crippen LogP contribution is -2.41. The minimum Gasteiger partial charge on any atom is -0.463 e. The van der Waals surface area contributed by atoms with Gasteiger partial charge in [-0.3, -0.25) is 4.79 Å². The van der Waals surface area contributed by atoms with Gasteiger partial charge in [0.15, 0.2) is 5.76 Å². The average Bonchev–Trinajstić information content (AvgIpc) is 3.10. The van der Waals surface area contributed by atoms with Crippen LogP contribution in [0, 0.1) is 6.92 Å². The summed E-state index contributed by atoms with van der Waals surface area (Å²) in [6.07, 6.45) is 3.70. The first-order chi connectivity index (χ1) is 11.2. The van der Waals surface area contributed by atoms with Crippen LogP contribution in [0.15, 0.2) is 34.9 Å². The van der Waals surface area contributed by atoms with Crippen LogP contribution in [0.1, 0.15) is 35.8 Å². The highest BCUT2D eigenvalue weighted by Crippen LogP contribution is 2.21. The lowest BCUT2D eigenvalue weighted by molar-refractivity contribution is 0.0145. The molecule has 122 valence electrons. The van der Waals surface area contributed by atoms with E-state index in [9.17, 15) is 4.79 Å². The molecule has 2 aromatic rings. The van der Waals surface area contributed by atoms with E-state index in [4.69, 9.17) is 9.15 Å². The number of aryl methyl sites for hydroxylation is 1. The summed E-state index contributed by atoms with van der Waals surface area (Å²) >= 11 is 0. The van der Waals surface area contributed by atoms with Crippen molar-refractivity contribution in [1.29, 1.82) is 0 Å². The molecule has 0 spiro atoms. The number of ether oxygens (including phenoxy) is 1. The Morgan fingerprint density at radius 3 is 2.74 bits per heavy atom. The lowest BCUT2D eigenvalue weighted by Gasteiger charge is -2.32. The molecule has 1 aliphatic rings. The normalized spacial score (nSPS) is 15.8. The Balaban J connectivity index is 1.71. The highest BCUT2D eigenvalue weighted by Gasteiger charge is 2.25. The Hall–Kier alpha value is -2.14. The van der Waals surface area contributed by atoms with E-state index >= 15 is 0 Å². The van der Waals surface area contributed by atoms with Crippen LogP contribution in [0.5, 0.6) is 0 Å². The summed E-state index contributed by atoms with van der Waals surface area (Å²) in [5.74, 6) is 0.764. The zero-order valence-electron chi connectivity index (χ0n) is 13.6. The third-order valence-electron chi connectivity index (χ3n) is 4.22. The summed E-state index contributed by atoms with van der Waals surface area (Å²) in [6.45, 7) is 6.08. The van der Waals surface area contributed by atoms with E-state index < -0.39 is 0 Å². The predicted octanol–water partition coefficient (Wildman–Crippen LogP) is 3.29. The fraction of sp³-hybridized carbons (Fsp3) is 0.444. The van der Waals surface area contributed by atoms with Crippen LogP contribution in [0.3, 0.4) is 0 Å². The Morgan fingerprint density at radius 2 is 2.13 bits per heavy atom. The second kappa shape index (κ2) is 6.96. The summed E-state index contributed by atoms with van der Waals surface area (Å²) in [5.41, 5.74) is 2.14. The Kier molecular flexibility index (Phi) is 4.76. The van der Waals surface area contributed by atoms with Crippen LogP contribution >= 0.6 is 0 Å². The number of hydrogen-bond acceptors (Lipinski definition) is 4. The quantitative estimate of drug-likeness (QED) is 0.869. The molecule has 0 N–H and O–H groups in total. The maximum Gasteiger partial charge on any atom is 0.255 e. The number of piperidine rings is 1. The summed E-state index contributed by atoms with van der Waals surface area (Å²) in [4.78, 5) is 19.1. The SMILES string of the molecule is CCOC1CCN(C(=O)c2ccc(-c3ccco3)nc2C)CC1. The van der Waals surface area contributed by atoms with Crippen molar-refractivity contribution in [2.24, 2.45) is 0 Å². The number of likely N-dealkylation sites (tertiary alicyclic amines) is 1. The molecule has 0 saturated carbocycles. The van der Waals surface area contributed by atoms with Gasteiger partial charge >= 0.3 is 0 Å². The van der Waals surface area contributed by atoms with E-state index in [0.717, 1.165) is 43.9 Å². The van der Waals surface area contributed by atoms with Crippen molar-refractivity contribution in [2.75, 3.05) is 19.7 Å². The van der Waals surface area contributed by atoms with Crippen molar-refractivity contribution in [3.63, 3.8) is 0 Å². The molecule has 0 aliphatic carbocycles. The molecule has 3 rings (SSSR count). The molecule has 1 amide bonds. The Labute approximate surface area is 136 Å². The number of nitrogens with zero attached hydrogens (tertiary/aromatic N) is 2. The van der Waals surface area contributed by atoms with Crippen molar-refractivity contribution in [1.82, 2.24) is 9.88 Å². The van der Waals surface area contributed by atoms with Gasteiger partial charge in [-0.15, -0.1) is 0 Å². The number of amides is 1. The minimum absolute atomic E-state index is 0.0518. The first kappa shape index (κ1) is 15.7. The van der Waals surface area contributed by atoms with Crippen molar-refractivity contribution < 1.29 is 13.9 Å². The maximum absolute atomic E-state index is 12.7. The minimum atomic E-state index is 0.0518. The van der Waals surface area contributed by atoms with Gasteiger partial charge in [-0.2, -0.15) is 0 Å². The molecule has 23 heavy (non-hydrogen) atoms. The molecule has 0 radical (unpaired) electrons. The summed E-state index contributed by atoms with van der Waals surface area (Å²) in [7, 11) is 0. The van der Waals surface area contributed by atoms with Crippen LogP contribution in [0.4, 0.5) is 0 Å². The number of carbonyl (C=O) groups is 1. The average molecular weight is 314 g/mol. The third-order valence-corrected chi connectivity index (χ3v) is 4.22. The van der Waals surface area contributed by atoms with E-state index in [1.54, 1.807) is 6.26 Å². The van der Waals surface area contributed by atoms with Gasteiger partial charge in [-0.1, -0.05) is 0 Å². The van der Waals surface area contributed by atoms with Gasteiger partial charge < -0.3 is 14.1 Å². The molecule has 2 aromatic heterocycles. The van der Waals surface area contributed by atoms with Gasteiger partial charge in [0.1, 0.15) is 5.69 Å². The fourth-order valence-corrected chi connectivity index (χ4v) is 2.98. The third kappa shape index (κ3) is 3.45. The maximum atomic E-state index is 12.7. The molecular formula is C18H22N2O3. The van der Waals surface area contributed by atoms with Gasteiger partial charge in [-0.05, 0) is 51.0 Å². The largest absolute Gasteiger partial charge is 0.463 e. The zero-order chi connectivity index (χ0) is 16.2. The molecule has 5 nitrogen and oxygen atoms in total. The zero-order valence-corrected chi connectivity index (χ0v) is 13.6. The van der Waals surface area contributed by atoms with E-state index in [2.05, 4.69) is 4.98 Å². The monoisotopic (exact) mass is 314 g/mol. The molecule has 1 saturated heterocycles. The number of rotatable bonds is 4. The van der Waals surface area contributed by atoms with E-state index in [0.29, 0.717) is 11.3 Å². The Morgan fingerprint density at radius 1 is 1.35 bits per heavy atom. The van der Waals surface area contributed by atoms with Crippen molar-refractivity contribution in [3.05, 3.63) is 41.8 Å². The summed E-state index contributed by atoms with van der Waals surface area (Å²) < 4.78 is 11.0. The molecule has 3 heterocycles. The molecular weight excluding hydrogens is 292 g/mol. The lowest BCUT2D eigenvalue weighted by atomic mass is 10.1. The number of furan rings is 1. The van der Waals surface area contributed by atoms with Gasteiger partial charge in [-0.25, -0.2) is 4.98 Å². The second-order valence-electron chi connectivity index (χ2n) is 5.75. The topological polar surface area (TPSA) is 55.6 Å². The number of aromatic nitrogens is 1. The van der Waals surface area contributed by atoms with Crippen molar-refractivity contribution in [2.45, 2.75) is 32.8 Å². The highest BCUT2D eigenvalue weighted by atomic mass is 16.5. The number of carbonyl (C=O) groups excluding carboxylic acids is 1. The standard InChI is InChI=1S/C18H22N2O3/c1-3-22-14-8-10-20(11-9-14)18(21)15-6-7-16(19-13(15)2)17-5-4-12-23-17/h4-7,12,14H,3,8-11H2,1-2H3. The first-order valence-electron chi connectivity index (χ1n) is 8.11. The van der Waals surface area contributed by atoms with Crippen LogP contribution in [0.25, 0.3) is 11.5 Å². The van der Waals surface area contributed by atoms with Crippen LogP contribution < -0.4 is 0 Å². The van der Waals surface area contributed by atoms with E-state index in [-0.39, 0.29) is 12.0 Å². The van der Waals surface area contributed by atoms with Crippen molar-refractivity contribution >= 4 is 5.91 Å². The van der Waals surface area contributed by atoms with Gasteiger partial charge in [0.05, 0.1) is 23.6 Å². The molecule has 1 fully saturated rings. The number of pyridine rings is 1. The fourth-order valence-electron chi connectivity index (χ4n) is 2.98. The van der Waals surface area contributed by atoms with Gasteiger partial charge in [0.25, 0.3) is 5.91 Å². The predicted molar refractivity (Wildman–Crippen MR) is 87.2 cm³/mol. The van der Waals surface area contributed by atoms with Crippen molar-refractivity contribution in [3.8, 4) is 11.5 Å². The highest BCUT2D eigenvalue weighted by molar-refractivity contribution is 5.95. The molecule has 0 unspecified atom stereocenters. The summed E-state index contributed by atoms with van der Waals surface area (Å²) in [6, 6.07) is 7.37. The smallest absolute Gasteiger partial charge is 0.255 e. The Bertz CT molecular complexity index is 659. The molecule has 0 bridgehead atoms. The summed E-state index contributed by atoms with van der Waals surface area (Å²) in [5, 5.41) is 0. The van der Waals surface area contributed by atoms with E-state index in [1.807, 2.05) is 43.0 Å². The first-order valence-corrected chi connectivity index (χ1v) is 8.11.